The Kier molecular flexibility index (Phi) is 3.88. The molecule has 1 N–H and O–H groups in total. The van der Waals surface area contributed by atoms with E-state index in [-0.39, 0.29) is 12.4 Å². The van der Waals surface area contributed by atoms with Crippen LogP contribution in [-0.2, 0) is 9.73 Å². The van der Waals surface area contributed by atoms with Crippen molar-refractivity contribution in [2.24, 2.45) is 0 Å². The maximum atomic E-state index is 11.0. The molecule has 0 aliphatic carbocycles. The summed E-state index contributed by atoms with van der Waals surface area (Å²) in [6.45, 7) is 0.252. The standard InChI is InChI=1S/C8H11BrN2O2S/c1-14(10,12)5-4-13-8-6-7(9)2-3-11-8/h2-3,6,10H,4-5H2,1H3. The second-order valence-corrected chi connectivity index (χ2v) is 6.20. The van der Waals surface area contributed by atoms with Crippen molar-refractivity contribution in [1.82, 2.24) is 4.98 Å². The minimum Gasteiger partial charge on any atom is -0.477 e. The van der Waals surface area contributed by atoms with E-state index >= 15 is 0 Å². The van der Waals surface area contributed by atoms with Gasteiger partial charge in [-0.25, -0.2) is 4.98 Å². The predicted octanol–water partition coefficient (Wildman–Crippen LogP) is 1.90. The van der Waals surface area contributed by atoms with Gasteiger partial charge in [-0.15, -0.1) is 0 Å². The van der Waals surface area contributed by atoms with Gasteiger partial charge in [0.05, 0.1) is 5.75 Å². The van der Waals surface area contributed by atoms with Gasteiger partial charge >= 0.3 is 0 Å². The van der Waals surface area contributed by atoms with Gasteiger partial charge in [0.1, 0.15) is 6.61 Å². The van der Waals surface area contributed by atoms with Crippen LogP contribution in [0.4, 0.5) is 0 Å². The van der Waals surface area contributed by atoms with Crippen molar-refractivity contribution in [1.29, 1.82) is 4.78 Å². The monoisotopic (exact) mass is 278 g/mol. The fourth-order valence-corrected chi connectivity index (χ4v) is 1.48. The smallest absolute Gasteiger partial charge is 0.214 e. The summed E-state index contributed by atoms with van der Waals surface area (Å²) in [5.74, 6) is 0.698. The van der Waals surface area contributed by atoms with E-state index in [1.165, 1.54) is 6.26 Å². The molecule has 0 spiro atoms. The molecule has 0 amide bonds. The summed E-state index contributed by atoms with van der Waals surface area (Å²) in [6, 6.07) is 3.52. The van der Waals surface area contributed by atoms with Gasteiger partial charge in [-0.2, -0.15) is 0 Å². The highest BCUT2D eigenvalue weighted by Crippen LogP contribution is 2.14. The Labute approximate surface area is 91.8 Å². The van der Waals surface area contributed by atoms with Crippen molar-refractivity contribution in [3.63, 3.8) is 0 Å². The van der Waals surface area contributed by atoms with Crippen LogP contribution in [0.1, 0.15) is 0 Å². The van der Waals surface area contributed by atoms with Crippen molar-refractivity contribution in [2.75, 3.05) is 18.6 Å². The summed E-state index contributed by atoms with van der Waals surface area (Å²) in [5, 5.41) is 0. The molecule has 0 aliphatic rings. The molecular formula is C8H11BrN2O2S. The molecule has 0 fully saturated rings. The molecule has 1 unspecified atom stereocenters. The van der Waals surface area contributed by atoms with Crippen molar-refractivity contribution in [3.05, 3.63) is 22.8 Å². The fourth-order valence-electron chi connectivity index (χ4n) is 0.769. The molecule has 1 aromatic heterocycles. The lowest BCUT2D eigenvalue weighted by atomic mass is 10.5. The quantitative estimate of drug-likeness (QED) is 0.915. The third kappa shape index (κ3) is 4.57. The Bertz CT molecular complexity index is 406. The highest BCUT2D eigenvalue weighted by Gasteiger charge is 2.00. The number of pyridine rings is 1. The molecule has 0 saturated heterocycles. The summed E-state index contributed by atoms with van der Waals surface area (Å²) < 4.78 is 24.3. The molecule has 0 bridgehead atoms. The Morgan fingerprint density at radius 1 is 1.71 bits per heavy atom. The minimum atomic E-state index is -2.47. The van der Waals surface area contributed by atoms with Crippen molar-refractivity contribution >= 4 is 25.7 Å². The molecule has 0 saturated carbocycles. The first-order valence-electron chi connectivity index (χ1n) is 3.93. The molecule has 0 aliphatic heterocycles. The van der Waals surface area contributed by atoms with Gasteiger partial charge in [-0.1, -0.05) is 15.9 Å². The summed E-state index contributed by atoms with van der Waals surface area (Å²) in [7, 11) is -2.47. The van der Waals surface area contributed by atoms with E-state index in [1.807, 2.05) is 0 Å². The van der Waals surface area contributed by atoms with Crippen LogP contribution in [-0.4, -0.2) is 27.8 Å². The summed E-state index contributed by atoms with van der Waals surface area (Å²) in [5.41, 5.74) is 0. The van der Waals surface area contributed by atoms with Crippen LogP contribution in [0.2, 0.25) is 0 Å². The Morgan fingerprint density at radius 2 is 2.43 bits per heavy atom. The van der Waals surface area contributed by atoms with Gasteiger partial charge in [-0.3, -0.25) is 8.99 Å². The molecule has 1 rings (SSSR count). The summed E-state index contributed by atoms with van der Waals surface area (Å²) in [6.07, 6.45) is 3.01. The van der Waals surface area contributed by atoms with Gasteiger partial charge in [0, 0.05) is 32.7 Å². The highest BCUT2D eigenvalue weighted by atomic mass is 79.9. The van der Waals surface area contributed by atoms with Gasteiger partial charge in [0.15, 0.2) is 0 Å². The highest BCUT2D eigenvalue weighted by molar-refractivity contribution is 9.10. The zero-order chi connectivity index (χ0) is 10.6. The molecule has 0 radical (unpaired) electrons. The largest absolute Gasteiger partial charge is 0.477 e. The topological polar surface area (TPSA) is 63.0 Å². The fraction of sp³-hybridized carbons (Fsp3) is 0.375. The van der Waals surface area contributed by atoms with Crippen LogP contribution >= 0.6 is 15.9 Å². The van der Waals surface area contributed by atoms with E-state index in [0.717, 1.165) is 4.47 Å². The Balaban J connectivity index is 2.47. The average molecular weight is 279 g/mol. The number of hydrogen-bond acceptors (Lipinski definition) is 4. The molecule has 0 aromatic carbocycles. The molecule has 1 aromatic rings. The Hall–Kier alpha value is -0.620. The maximum Gasteiger partial charge on any atom is 0.214 e. The SMILES string of the molecule is CS(=N)(=O)CCOc1cc(Br)ccn1. The zero-order valence-corrected chi connectivity index (χ0v) is 10.1. The molecule has 6 heteroatoms. The van der Waals surface area contributed by atoms with E-state index in [9.17, 15) is 4.21 Å². The molecule has 1 heterocycles. The van der Waals surface area contributed by atoms with Crippen LogP contribution in [0.3, 0.4) is 0 Å². The minimum absolute atomic E-state index is 0.223. The molecule has 78 valence electrons. The Morgan fingerprint density at radius 3 is 3.00 bits per heavy atom. The van der Waals surface area contributed by atoms with E-state index in [0.29, 0.717) is 5.88 Å². The molecule has 14 heavy (non-hydrogen) atoms. The first-order chi connectivity index (χ1) is 6.47. The second-order valence-electron chi connectivity index (χ2n) is 2.87. The van der Waals surface area contributed by atoms with Crippen LogP contribution < -0.4 is 4.74 Å². The number of nitrogens with one attached hydrogen (secondary N) is 1. The lowest BCUT2D eigenvalue weighted by Crippen LogP contribution is -2.11. The van der Waals surface area contributed by atoms with E-state index in [2.05, 4.69) is 20.9 Å². The molecular weight excluding hydrogens is 268 g/mol. The van der Waals surface area contributed by atoms with Gasteiger partial charge in [0.25, 0.3) is 0 Å². The number of nitrogens with zero attached hydrogens (tertiary/aromatic N) is 1. The van der Waals surface area contributed by atoms with Gasteiger partial charge in [0.2, 0.25) is 5.88 Å². The maximum absolute atomic E-state index is 11.0. The summed E-state index contributed by atoms with van der Waals surface area (Å²) in [4.78, 5) is 3.95. The third-order valence-corrected chi connectivity index (χ3v) is 2.86. The summed E-state index contributed by atoms with van der Waals surface area (Å²) >= 11 is 3.28. The number of halogens is 1. The van der Waals surface area contributed by atoms with Crippen LogP contribution in [0, 0.1) is 4.78 Å². The number of hydrogen-bond donors (Lipinski definition) is 1. The predicted molar refractivity (Wildman–Crippen MR) is 59.1 cm³/mol. The normalized spacial score (nSPS) is 14.7. The first-order valence-corrected chi connectivity index (χ1v) is 6.86. The van der Waals surface area contributed by atoms with Gasteiger partial charge < -0.3 is 4.74 Å². The van der Waals surface area contributed by atoms with E-state index < -0.39 is 9.73 Å². The van der Waals surface area contributed by atoms with Gasteiger partial charge in [-0.05, 0) is 6.07 Å². The first kappa shape index (κ1) is 11.5. The van der Waals surface area contributed by atoms with E-state index in [4.69, 9.17) is 9.52 Å². The third-order valence-electron chi connectivity index (χ3n) is 1.42. The second kappa shape index (κ2) is 4.75. The van der Waals surface area contributed by atoms with E-state index in [1.54, 1.807) is 18.3 Å². The molecule has 1 atom stereocenters. The number of ether oxygens (including phenoxy) is 1. The molecule has 4 nitrogen and oxygen atoms in total. The average Bonchev–Trinajstić information content (AvgIpc) is 2.01. The van der Waals surface area contributed by atoms with Crippen LogP contribution in [0.25, 0.3) is 0 Å². The zero-order valence-electron chi connectivity index (χ0n) is 7.70. The van der Waals surface area contributed by atoms with Crippen molar-refractivity contribution in [3.8, 4) is 5.88 Å². The van der Waals surface area contributed by atoms with Crippen LogP contribution in [0.15, 0.2) is 22.8 Å². The van der Waals surface area contributed by atoms with Crippen molar-refractivity contribution in [2.45, 2.75) is 0 Å². The lowest BCUT2D eigenvalue weighted by Gasteiger charge is -2.04. The van der Waals surface area contributed by atoms with Crippen LogP contribution in [0.5, 0.6) is 5.88 Å². The number of rotatable bonds is 4. The number of aromatic nitrogens is 1. The lowest BCUT2D eigenvalue weighted by molar-refractivity contribution is 0.328. The van der Waals surface area contributed by atoms with Crippen molar-refractivity contribution < 1.29 is 8.95 Å².